The fourth-order valence-corrected chi connectivity index (χ4v) is 1.88. The SMILES string of the molecule is CCC(CC)c1ccc(CCN)cc1. The van der Waals surface area contributed by atoms with Crippen LogP contribution in [0.1, 0.15) is 43.7 Å². The molecule has 0 saturated carbocycles. The summed E-state index contributed by atoms with van der Waals surface area (Å²) in [7, 11) is 0. The van der Waals surface area contributed by atoms with Crippen molar-refractivity contribution in [3.63, 3.8) is 0 Å². The molecule has 78 valence electrons. The van der Waals surface area contributed by atoms with E-state index >= 15 is 0 Å². The van der Waals surface area contributed by atoms with Crippen molar-refractivity contribution in [2.45, 2.75) is 39.0 Å². The molecule has 0 spiro atoms. The molecule has 0 aromatic heterocycles. The lowest BCUT2D eigenvalue weighted by atomic mass is 9.93. The molecule has 1 aromatic carbocycles. The van der Waals surface area contributed by atoms with Crippen LogP contribution in [-0.2, 0) is 6.42 Å². The van der Waals surface area contributed by atoms with E-state index in [9.17, 15) is 0 Å². The molecular formula is C13H21N. The van der Waals surface area contributed by atoms with Crippen LogP contribution in [0.2, 0.25) is 0 Å². The normalized spacial score (nSPS) is 10.9. The van der Waals surface area contributed by atoms with Crippen molar-refractivity contribution in [1.82, 2.24) is 0 Å². The molecule has 0 unspecified atom stereocenters. The van der Waals surface area contributed by atoms with Crippen molar-refractivity contribution in [2.24, 2.45) is 5.73 Å². The van der Waals surface area contributed by atoms with Gasteiger partial charge in [-0.25, -0.2) is 0 Å². The van der Waals surface area contributed by atoms with E-state index in [1.807, 2.05) is 0 Å². The summed E-state index contributed by atoms with van der Waals surface area (Å²) in [6.07, 6.45) is 3.45. The second kappa shape index (κ2) is 5.82. The Balaban J connectivity index is 2.71. The number of rotatable bonds is 5. The average Bonchev–Trinajstić information content (AvgIpc) is 2.23. The van der Waals surface area contributed by atoms with Gasteiger partial charge < -0.3 is 5.73 Å². The van der Waals surface area contributed by atoms with E-state index in [0.29, 0.717) is 0 Å². The monoisotopic (exact) mass is 191 g/mol. The van der Waals surface area contributed by atoms with Crippen molar-refractivity contribution in [2.75, 3.05) is 6.54 Å². The molecule has 1 nitrogen and oxygen atoms in total. The van der Waals surface area contributed by atoms with E-state index in [1.165, 1.54) is 24.0 Å². The first kappa shape index (κ1) is 11.3. The topological polar surface area (TPSA) is 26.0 Å². The molecule has 0 aliphatic heterocycles. The Labute approximate surface area is 87.3 Å². The highest BCUT2D eigenvalue weighted by Gasteiger charge is 2.05. The van der Waals surface area contributed by atoms with Crippen LogP contribution in [0, 0.1) is 0 Å². The Bertz CT molecular complexity index is 246. The average molecular weight is 191 g/mol. The lowest BCUT2D eigenvalue weighted by molar-refractivity contribution is 0.641. The summed E-state index contributed by atoms with van der Waals surface area (Å²) >= 11 is 0. The molecule has 0 radical (unpaired) electrons. The summed E-state index contributed by atoms with van der Waals surface area (Å²) in [6.45, 7) is 5.24. The van der Waals surface area contributed by atoms with Crippen molar-refractivity contribution >= 4 is 0 Å². The van der Waals surface area contributed by atoms with Crippen LogP contribution in [0.4, 0.5) is 0 Å². The van der Waals surface area contributed by atoms with E-state index in [1.54, 1.807) is 0 Å². The van der Waals surface area contributed by atoms with Gasteiger partial charge in [-0.15, -0.1) is 0 Å². The zero-order valence-electron chi connectivity index (χ0n) is 9.29. The first-order valence-electron chi connectivity index (χ1n) is 5.60. The highest BCUT2D eigenvalue weighted by atomic mass is 14.5. The summed E-state index contributed by atoms with van der Waals surface area (Å²) in [5, 5.41) is 0. The number of hydrogen-bond acceptors (Lipinski definition) is 1. The number of nitrogens with two attached hydrogens (primary N) is 1. The maximum atomic E-state index is 5.51. The van der Waals surface area contributed by atoms with Gasteiger partial charge in [0.2, 0.25) is 0 Å². The Kier molecular flexibility index (Phi) is 4.68. The fraction of sp³-hybridized carbons (Fsp3) is 0.538. The second-order valence-corrected chi connectivity index (χ2v) is 3.79. The predicted molar refractivity (Wildman–Crippen MR) is 62.5 cm³/mol. The minimum absolute atomic E-state index is 0.724. The summed E-state index contributed by atoms with van der Waals surface area (Å²) < 4.78 is 0. The zero-order valence-corrected chi connectivity index (χ0v) is 9.29. The molecule has 0 saturated heterocycles. The molecule has 0 bridgehead atoms. The van der Waals surface area contributed by atoms with Crippen molar-refractivity contribution in [3.8, 4) is 0 Å². The Morgan fingerprint density at radius 1 is 1.07 bits per heavy atom. The van der Waals surface area contributed by atoms with E-state index in [4.69, 9.17) is 5.73 Å². The minimum atomic E-state index is 0.724. The molecule has 0 aliphatic carbocycles. The summed E-state index contributed by atoms with van der Waals surface area (Å²) in [5.74, 6) is 0.724. The maximum Gasteiger partial charge on any atom is -0.00367 e. The summed E-state index contributed by atoms with van der Waals surface area (Å²) in [4.78, 5) is 0. The van der Waals surface area contributed by atoms with Gasteiger partial charge in [-0.05, 0) is 42.9 Å². The first-order chi connectivity index (χ1) is 6.81. The Hall–Kier alpha value is -0.820. The molecule has 1 heteroatoms. The van der Waals surface area contributed by atoms with Crippen LogP contribution in [0.5, 0.6) is 0 Å². The number of hydrogen-bond donors (Lipinski definition) is 1. The smallest absolute Gasteiger partial charge is 0.00367 e. The third kappa shape index (κ3) is 2.85. The summed E-state index contributed by atoms with van der Waals surface area (Å²) in [6, 6.07) is 8.92. The minimum Gasteiger partial charge on any atom is -0.330 e. The highest BCUT2D eigenvalue weighted by molar-refractivity contribution is 5.25. The van der Waals surface area contributed by atoms with Gasteiger partial charge in [0.1, 0.15) is 0 Å². The Morgan fingerprint density at radius 3 is 2.07 bits per heavy atom. The second-order valence-electron chi connectivity index (χ2n) is 3.79. The zero-order chi connectivity index (χ0) is 10.4. The van der Waals surface area contributed by atoms with E-state index in [-0.39, 0.29) is 0 Å². The van der Waals surface area contributed by atoms with Crippen LogP contribution in [0.15, 0.2) is 24.3 Å². The van der Waals surface area contributed by atoms with Gasteiger partial charge in [-0.3, -0.25) is 0 Å². The van der Waals surface area contributed by atoms with Crippen LogP contribution in [-0.4, -0.2) is 6.54 Å². The molecule has 0 amide bonds. The molecule has 1 aromatic rings. The van der Waals surface area contributed by atoms with Crippen molar-refractivity contribution < 1.29 is 0 Å². The third-order valence-corrected chi connectivity index (χ3v) is 2.87. The van der Waals surface area contributed by atoms with Gasteiger partial charge in [-0.1, -0.05) is 38.1 Å². The molecule has 0 fully saturated rings. The van der Waals surface area contributed by atoms with Crippen molar-refractivity contribution in [1.29, 1.82) is 0 Å². The van der Waals surface area contributed by atoms with E-state index in [2.05, 4.69) is 38.1 Å². The molecule has 1 rings (SSSR count). The molecule has 14 heavy (non-hydrogen) atoms. The van der Waals surface area contributed by atoms with Gasteiger partial charge in [0.25, 0.3) is 0 Å². The third-order valence-electron chi connectivity index (χ3n) is 2.87. The first-order valence-corrected chi connectivity index (χ1v) is 5.60. The van der Waals surface area contributed by atoms with Gasteiger partial charge in [0.15, 0.2) is 0 Å². The quantitative estimate of drug-likeness (QED) is 0.760. The van der Waals surface area contributed by atoms with E-state index in [0.717, 1.165) is 18.9 Å². The number of benzene rings is 1. The molecule has 2 N–H and O–H groups in total. The van der Waals surface area contributed by atoms with Gasteiger partial charge in [0, 0.05) is 0 Å². The van der Waals surface area contributed by atoms with Crippen LogP contribution in [0.3, 0.4) is 0 Å². The fourth-order valence-electron chi connectivity index (χ4n) is 1.88. The Morgan fingerprint density at radius 2 is 1.64 bits per heavy atom. The predicted octanol–water partition coefficient (Wildman–Crippen LogP) is 3.09. The van der Waals surface area contributed by atoms with Gasteiger partial charge in [-0.2, -0.15) is 0 Å². The lowest BCUT2D eigenvalue weighted by Gasteiger charge is -2.12. The van der Waals surface area contributed by atoms with E-state index < -0.39 is 0 Å². The van der Waals surface area contributed by atoms with Crippen molar-refractivity contribution in [3.05, 3.63) is 35.4 Å². The van der Waals surface area contributed by atoms with Crippen LogP contribution >= 0.6 is 0 Å². The largest absolute Gasteiger partial charge is 0.330 e. The molecular weight excluding hydrogens is 170 g/mol. The van der Waals surface area contributed by atoms with Gasteiger partial charge in [0.05, 0.1) is 0 Å². The maximum absolute atomic E-state index is 5.51. The standard InChI is InChI=1S/C13H21N/c1-3-12(4-2)13-7-5-11(6-8-13)9-10-14/h5-8,12H,3-4,9-10,14H2,1-2H3. The highest BCUT2D eigenvalue weighted by Crippen LogP contribution is 2.22. The molecule has 0 atom stereocenters. The van der Waals surface area contributed by atoms with Gasteiger partial charge >= 0.3 is 0 Å². The van der Waals surface area contributed by atoms with Crippen LogP contribution in [0.25, 0.3) is 0 Å². The molecule has 0 heterocycles. The summed E-state index contributed by atoms with van der Waals surface area (Å²) in [5.41, 5.74) is 8.33. The van der Waals surface area contributed by atoms with Crippen LogP contribution < -0.4 is 5.73 Å². The lowest BCUT2D eigenvalue weighted by Crippen LogP contribution is -2.03. The molecule has 0 aliphatic rings.